The first-order valence-electron chi connectivity index (χ1n) is 5.98. The molecular weight excluding hydrogens is 234 g/mol. The number of aromatic hydroxyl groups is 2. The van der Waals surface area contributed by atoms with Crippen LogP contribution in [0.3, 0.4) is 0 Å². The SMILES string of the molecule is CC1CCN(C(=O)c2ccc(O)cc2O)C1CO. The van der Waals surface area contributed by atoms with Gasteiger partial charge in [0.05, 0.1) is 18.2 Å². The topological polar surface area (TPSA) is 81.0 Å². The summed E-state index contributed by atoms with van der Waals surface area (Å²) < 4.78 is 0. The molecule has 1 fully saturated rings. The van der Waals surface area contributed by atoms with Gasteiger partial charge >= 0.3 is 0 Å². The number of carbonyl (C=O) groups is 1. The van der Waals surface area contributed by atoms with Crippen LogP contribution in [0, 0.1) is 5.92 Å². The predicted octanol–water partition coefficient (Wildman–Crippen LogP) is 0.941. The molecule has 1 saturated heterocycles. The predicted molar refractivity (Wildman–Crippen MR) is 65.5 cm³/mol. The summed E-state index contributed by atoms with van der Waals surface area (Å²) in [6.07, 6.45) is 0.843. The third kappa shape index (κ3) is 2.13. The zero-order valence-electron chi connectivity index (χ0n) is 10.2. The lowest BCUT2D eigenvalue weighted by molar-refractivity contribution is 0.0645. The highest BCUT2D eigenvalue weighted by molar-refractivity contribution is 5.97. The lowest BCUT2D eigenvalue weighted by Gasteiger charge is -2.25. The van der Waals surface area contributed by atoms with Crippen LogP contribution in [0.2, 0.25) is 0 Å². The fraction of sp³-hybridized carbons (Fsp3) is 0.462. The Kier molecular flexibility index (Phi) is 3.43. The number of phenolic OH excluding ortho intramolecular Hbond substituents is 2. The van der Waals surface area contributed by atoms with E-state index >= 15 is 0 Å². The van der Waals surface area contributed by atoms with Crippen molar-refractivity contribution in [2.45, 2.75) is 19.4 Å². The largest absolute Gasteiger partial charge is 0.508 e. The van der Waals surface area contributed by atoms with Crippen molar-refractivity contribution in [3.63, 3.8) is 0 Å². The maximum atomic E-state index is 12.3. The van der Waals surface area contributed by atoms with Gasteiger partial charge in [-0.2, -0.15) is 0 Å². The summed E-state index contributed by atoms with van der Waals surface area (Å²) >= 11 is 0. The molecule has 0 spiro atoms. The summed E-state index contributed by atoms with van der Waals surface area (Å²) in [7, 11) is 0. The van der Waals surface area contributed by atoms with E-state index in [1.807, 2.05) is 6.92 Å². The average Bonchev–Trinajstić information content (AvgIpc) is 2.69. The highest BCUT2D eigenvalue weighted by Crippen LogP contribution is 2.29. The highest BCUT2D eigenvalue weighted by atomic mass is 16.3. The van der Waals surface area contributed by atoms with Crippen LogP contribution in [-0.2, 0) is 0 Å². The number of aliphatic hydroxyl groups excluding tert-OH is 1. The second-order valence-corrected chi connectivity index (χ2v) is 4.72. The fourth-order valence-electron chi connectivity index (χ4n) is 2.39. The van der Waals surface area contributed by atoms with E-state index in [0.717, 1.165) is 12.5 Å². The van der Waals surface area contributed by atoms with Crippen molar-refractivity contribution >= 4 is 5.91 Å². The molecule has 0 bridgehead atoms. The van der Waals surface area contributed by atoms with Gasteiger partial charge in [-0.1, -0.05) is 6.92 Å². The molecule has 2 rings (SSSR count). The van der Waals surface area contributed by atoms with Gasteiger partial charge in [-0.05, 0) is 24.5 Å². The Balaban J connectivity index is 2.26. The molecule has 0 saturated carbocycles. The molecule has 1 aromatic carbocycles. The summed E-state index contributed by atoms with van der Waals surface area (Å²) in [5.74, 6) is -0.386. The maximum absolute atomic E-state index is 12.3. The zero-order valence-corrected chi connectivity index (χ0v) is 10.2. The molecule has 0 radical (unpaired) electrons. The van der Waals surface area contributed by atoms with E-state index in [9.17, 15) is 20.1 Å². The molecule has 1 aromatic rings. The lowest BCUT2D eigenvalue weighted by Crippen LogP contribution is -2.39. The molecule has 5 nitrogen and oxygen atoms in total. The summed E-state index contributed by atoms with van der Waals surface area (Å²) in [4.78, 5) is 13.8. The minimum Gasteiger partial charge on any atom is -0.508 e. The number of benzene rings is 1. The van der Waals surface area contributed by atoms with Gasteiger partial charge in [-0.3, -0.25) is 4.79 Å². The molecule has 1 aliphatic heterocycles. The van der Waals surface area contributed by atoms with E-state index in [1.165, 1.54) is 12.1 Å². The van der Waals surface area contributed by atoms with Gasteiger partial charge in [0, 0.05) is 12.6 Å². The Hall–Kier alpha value is -1.75. The third-order valence-electron chi connectivity index (χ3n) is 3.54. The van der Waals surface area contributed by atoms with Crippen molar-refractivity contribution < 1.29 is 20.1 Å². The number of amides is 1. The number of aliphatic hydroxyl groups is 1. The Morgan fingerprint density at radius 1 is 1.44 bits per heavy atom. The number of rotatable bonds is 2. The molecular formula is C13H17NO4. The molecule has 3 N–H and O–H groups in total. The molecule has 2 atom stereocenters. The minimum atomic E-state index is -0.309. The van der Waals surface area contributed by atoms with Crippen LogP contribution in [0.15, 0.2) is 18.2 Å². The van der Waals surface area contributed by atoms with Crippen molar-refractivity contribution in [1.29, 1.82) is 0 Å². The zero-order chi connectivity index (χ0) is 13.3. The Morgan fingerprint density at radius 3 is 2.78 bits per heavy atom. The van der Waals surface area contributed by atoms with Crippen molar-refractivity contribution in [2.75, 3.05) is 13.2 Å². The van der Waals surface area contributed by atoms with E-state index < -0.39 is 0 Å². The monoisotopic (exact) mass is 251 g/mol. The second kappa shape index (κ2) is 4.86. The van der Waals surface area contributed by atoms with Gasteiger partial charge < -0.3 is 20.2 Å². The Labute approximate surface area is 105 Å². The van der Waals surface area contributed by atoms with Crippen LogP contribution >= 0.6 is 0 Å². The first-order chi connectivity index (χ1) is 8.54. The first kappa shape index (κ1) is 12.7. The Bertz CT molecular complexity index is 460. The Morgan fingerprint density at radius 2 is 2.17 bits per heavy atom. The summed E-state index contributed by atoms with van der Waals surface area (Å²) in [5.41, 5.74) is 0.153. The summed E-state index contributed by atoms with van der Waals surface area (Å²) in [6, 6.07) is 3.69. The molecule has 2 unspecified atom stereocenters. The fourth-order valence-corrected chi connectivity index (χ4v) is 2.39. The molecule has 18 heavy (non-hydrogen) atoms. The van der Waals surface area contributed by atoms with Gasteiger partial charge in [0.15, 0.2) is 0 Å². The van der Waals surface area contributed by atoms with Crippen molar-refractivity contribution in [1.82, 2.24) is 4.90 Å². The van der Waals surface area contributed by atoms with E-state index in [1.54, 1.807) is 4.90 Å². The van der Waals surface area contributed by atoms with Crippen LogP contribution < -0.4 is 0 Å². The first-order valence-corrected chi connectivity index (χ1v) is 5.98. The standard InChI is InChI=1S/C13H17NO4/c1-8-4-5-14(11(8)7-15)13(18)10-3-2-9(16)6-12(10)17/h2-3,6,8,11,15-17H,4-5,7H2,1H3. The average molecular weight is 251 g/mol. The van der Waals surface area contributed by atoms with Gasteiger partial charge in [-0.15, -0.1) is 0 Å². The van der Waals surface area contributed by atoms with E-state index in [0.29, 0.717) is 6.54 Å². The van der Waals surface area contributed by atoms with E-state index in [4.69, 9.17) is 0 Å². The maximum Gasteiger partial charge on any atom is 0.257 e. The number of hydrogen-bond donors (Lipinski definition) is 3. The van der Waals surface area contributed by atoms with Crippen LogP contribution in [0.25, 0.3) is 0 Å². The summed E-state index contributed by atoms with van der Waals surface area (Å²) in [6.45, 7) is 2.49. The van der Waals surface area contributed by atoms with Crippen LogP contribution in [0.5, 0.6) is 11.5 Å². The quantitative estimate of drug-likeness (QED) is 0.730. The van der Waals surface area contributed by atoms with Crippen molar-refractivity contribution in [3.8, 4) is 11.5 Å². The molecule has 0 aliphatic carbocycles. The van der Waals surface area contributed by atoms with Crippen molar-refractivity contribution in [2.24, 2.45) is 5.92 Å². The van der Waals surface area contributed by atoms with E-state index in [2.05, 4.69) is 0 Å². The smallest absolute Gasteiger partial charge is 0.257 e. The van der Waals surface area contributed by atoms with E-state index in [-0.39, 0.29) is 41.5 Å². The highest BCUT2D eigenvalue weighted by Gasteiger charge is 2.35. The van der Waals surface area contributed by atoms with Gasteiger partial charge in [0.25, 0.3) is 5.91 Å². The minimum absolute atomic E-state index is 0.0776. The van der Waals surface area contributed by atoms with Crippen LogP contribution in [-0.4, -0.2) is 45.3 Å². The molecule has 5 heteroatoms. The van der Waals surface area contributed by atoms with Gasteiger partial charge in [0.1, 0.15) is 11.5 Å². The number of carbonyl (C=O) groups excluding carboxylic acids is 1. The number of phenols is 2. The third-order valence-corrected chi connectivity index (χ3v) is 3.54. The van der Waals surface area contributed by atoms with Gasteiger partial charge in [0.2, 0.25) is 0 Å². The second-order valence-electron chi connectivity index (χ2n) is 4.72. The molecule has 1 aliphatic rings. The normalized spacial score (nSPS) is 23.3. The molecule has 1 amide bonds. The van der Waals surface area contributed by atoms with Crippen LogP contribution in [0.4, 0.5) is 0 Å². The summed E-state index contributed by atoms with van der Waals surface area (Å²) in [5, 5.41) is 28.2. The molecule has 0 aromatic heterocycles. The van der Waals surface area contributed by atoms with Crippen LogP contribution in [0.1, 0.15) is 23.7 Å². The number of likely N-dealkylation sites (tertiary alicyclic amines) is 1. The number of hydrogen-bond acceptors (Lipinski definition) is 4. The molecule has 1 heterocycles. The number of nitrogens with zero attached hydrogens (tertiary/aromatic N) is 1. The van der Waals surface area contributed by atoms with Gasteiger partial charge in [-0.25, -0.2) is 0 Å². The van der Waals surface area contributed by atoms with Crippen molar-refractivity contribution in [3.05, 3.63) is 23.8 Å². The lowest BCUT2D eigenvalue weighted by atomic mass is 10.0. The molecule has 98 valence electrons.